The number of aryl methyl sites for hydroxylation is 2. The van der Waals surface area contributed by atoms with Crippen molar-refractivity contribution in [3.8, 4) is 0 Å². The topological polar surface area (TPSA) is 17.1 Å². The van der Waals surface area contributed by atoms with Crippen LogP contribution < -0.4 is 0 Å². The van der Waals surface area contributed by atoms with Crippen LogP contribution in [0.3, 0.4) is 0 Å². The lowest BCUT2D eigenvalue weighted by atomic mass is 9.70. The van der Waals surface area contributed by atoms with Gasteiger partial charge in [-0.1, -0.05) is 32.3 Å². The van der Waals surface area contributed by atoms with E-state index in [2.05, 4.69) is 0 Å². The molecule has 1 fully saturated rings. The maximum atomic E-state index is 14.1. The van der Waals surface area contributed by atoms with E-state index >= 15 is 0 Å². The maximum absolute atomic E-state index is 14.1. The first-order chi connectivity index (χ1) is 8.44. The fourth-order valence-corrected chi connectivity index (χ4v) is 3.06. The molecule has 0 aromatic heterocycles. The number of rotatable bonds is 2. The quantitative estimate of drug-likeness (QED) is 0.699. The van der Waals surface area contributed by atoms with Crippen LogP contribution in [0.25, 0.3) is 0 Å². The number of carbonyl (C=O) groups excluding carboxylic acids is 1. The molecule has 1 nitrogen and oxygen atoms in total. The summed E-state index contributed by atoms with van der Waals surface area (Å²) in [4.78, 5) is 12.6. The zero-order chi connectivity index (χ0) is 13.3. The Kier molecular flexibility index (Phi) is 3.56. The molecule has 0 atom stereocenters. The lowest BCUT2D eigenvalue weighted by molar-refractivity contribution is 0.0744. The molecule has 0 saturated heterocycles. The van der Waals surface area contributed by atoms with Crippen molar-refractivity contribution in [3.63, 3.8) is 0 Å². The molecular formula is C16H21FO. The van der Waals surface area contributed by atoms with Gasteiger partial charge in [-0.05, 0) is 43.9 Å². The van der Waals surface area contributed by atoms with E-state index in [1.54, 1.807) is 0 Å². The molecule has 0 heterocycles. The van der Waals surface area contributed by atoms with Gasteiger partial charge in [-0.25, -0.2) is 4.39 Å². The second-order valence-corrected chi connectivity index (χ2v) is 5.89. The van der Waals surface area contributed by atoms with Crippen molar-refractivity contribution in [2.24, 2.45) is 5.41 Å². The molecule has 2 heteroatoms. The molecule has 0 radical (unpaired) electrons. The predicted octanol–water partition coefficient (Wildman–Crippen LogP) is 4.60. The van der Waals surface area contributed by atoms with E-state index in [1.807, 2.05) is 26.8 Å². The van der Waals surface area contributed by atoms with Crippen LogP contribution in [0.15, 0.2) is 12.1 Å². The number of Topliss-reactive ketones (excluding diaryl/α,β-unsaturated/α-hetero) is 1. The van der Waals surface area contributed by atoms with Gasteiger partial charge in [0.1, 0.15) is 5.82 Å². The lowest BCUT2D eigenvalue weighted by Crippen LogP contribution is -2.31. The smallest absolute Gasteiger partial charge is 0.171 e. The summed E-state index contributed by atoms with van der Waals surface area (Å²) in [5.41, 5.74) is 1.59. The highest BCUT2D eigenvalue weighted by Crippen LogP contribution is 2.39. The van der Waals surface area contributed by atoms with Crippen molar-refractivity contribution in [1.82, 2.24) is 0 Å². The largest absolute Gasteiger partial charge is 0.293 e. The van der Waals surface area contributed by atoms with Crippen molar-refractivity contribution >= 4 is 5.78 Å². The van der Waals surface area contributed by atoms with E-state index in [0.717, 1.165) is 36.8 Å². The van der Waals surface area contributed by atoms with Crippen molar-refractivity contribution in [1.29, 1.82) is 0 Å². The number of ketones is 1. The van der Waals surface area contributed by atoms with Crippen LogP contribution in [0.5, 0.6) is 0 Å². The van der Waals surface area contributed by atoms with Gasteiger partial charge in [-0.3, -0.25) is 4.79 Å². The summed E-state index contributed by atoms with van der Waals surface area (Å²) in [6, 6.07) is 3.36. The summed E-state index contributed by atoms with van der Waals surface area (Å²) in [5, 5.41) is 0. The van der Waals surface area contributed by atoms with Gasteiger partial charge in [0, 0.05) is 5.41 Å². The minimum Gasteiger partial charge on any atom is -0.293 e. The SMILES string of the molecule is Cc1cc(C)c(C(=O)C2(C)CCCCC2)c(F)c1. The third kappa shape index (κ3) is 2.33. The molecule has 2 rings (SSSR count). The van der Waals surface area contributed by atoms with E-state index in [9.17, 15) is 9.18 Å². The highest BCUT2D eigenvalue weighted by molar-refractivity contribution is 6.01. The average Bonchev–Trinajstić information content (AvgIpc) is 2.28. The van der Waals surface area contributed by atoms with Gasteiger partial charge in [0.25, 0.3) is 0 Å². The number of halogens is 1. The summed E-state index contributed by atoms with van der Waals surface area (Å²) in [5.74, 6) is -0.360. The Balaban J connectivity index is 2.39. The van der Waals surface area contributed by atoms with E-state index in [4.69, 9.17) is 0 Å². The molecule has 1 aromatic carbocycles. The van der Waals surface area contributed by atoms with Crippen LogP contribution in [0.4, 0.5) is 4.39 Å². The first-order valence-corrected chi connectivity index (χ1v) is 6.75. The van der Waals surface area contributed by atoms with Gasteiger partial charge in [-0.2, -0.15) is 0 Å². The van der Waals surface area contributed by atoms with Gasteiger partial charge < -0.3 is 0 Å². The molecule has 0 N–H and O–H groups in total. The highest BCUT2D eigenvalue weighted by atomic mass is 19.1. The second kappa shape index (κ2) is 4.83. The molecule has 1 aliphatic carbocycles. The lowest BCUT2D eigenvalue weighted by Gasteiger charge is -2.32. The molecule has 0 aliphatic heterocycles. The summed E-state index contributed by atoms with van der Waals surface area (Å²) in [7, 11) is 0. The van der Waals surface area contributed by atoms with Gasteiger partial charge in [0.15, 0.2) is 5.78 Å². The molecule has 98 valence electrons. The van der Waals surface area contributed by atoms with E-state index in [-0.39, 0.29) is 17.0 Å². The van der Waals surface area contributed by atoms with Crippen molar-refractivity contribution in [2.45, 2.75) is 52.9 Å². The van der Waals surface area contributed by atoms with Crippen LogP contribution in [-0.4, -0.2) is 5.78 Å². The third-order valence-corrected chi connectivity index (χ3v) is 4.16. The fourth-order valence-electron chi connectivity index (χ4n) is 3.06. The van der Waals surface area contributed by atoms with Gasteiger partial charge >= 0.3 is 0 Å². The number of benzene rings is 1. The Hall–Kier alpha value is -1.18. The van der Waals surface area contributed by atoms with Crippen LogP contribution in [0.2, 0.25) is 0 Å². The Morgan fingerprint density at radius 1 is 1.17 bits per heavy atom. The second-order valence-electron chi connectivity index (χ2n) is 5.89. The average molecular weight is 248 g/mol. The van der Waals surface area contributed by atoms with Crippen LogP contribution in [0.1, 0.15) is 60.5 Å². The Morgan fingerprint density at radius 3 is 2.33 bits per heavy atom. The highest BCUT2D eigenvalue weighted by Gasteiger charge is 2.36. The first kappa shape index (κ1) is 13.3. The summed E-state index contributed by atoms with van der Waals surface area (Å²) >= 11 is 0. The Bertz CT molecular complexity index is 447. The third-order valence-electron chi connectivity index (χ3n) is 4.16. The van der Waals surface area contributed by atoms with Gasteiger partial charge in [-0.15, -0.1) is 0 Å². The predicted molar refractivity (Wildman–Crippen MR) is 71.4 cm³/mol. The first-order valence-electron chi connectivity index (χ1n) is 6.75. The molecule has 0 amide bonds. The van der Waals surface area contributed by atoms with Crippen LogP contribution in [0, 0.1) is 25.1 Å². The van der Waals surface area contributed by atoms with E-state index < -0.39 is 0 Å². The molecular weight excluding hydrogens is 227 g/mol. The number of hydrogen-bond acceptors (Lipinski definition) is 1. The molecule has 0 spiro atoms. The molecule has 0 bridgehead atoms. The zero-order valence-corrected chi connectivity index (χ0v) is 11.5. The molecule has 1 saturated carbocycles. The molecule has 1 aliphatic rings. The van der Waals surface area contributed by atoms with Crippen LogP contribution in [-0.2, 0) is 0 Å². The zero-order valence-electron chi connectivity index (χ0n) is 11.5. The van der Waals surface area contributed by atoms with Crippen molar-refractivity contribution in [3.05, 3.63) is 34.6 Å². The summed E-state index contributed by atoms with van der Waals surface area (Å²) < 4.78 is 14.1. The summed E-state index contributed by atoms with van der Waals surface area (Å²) in [6.45, 7) is 5.68. The van der Waals surface area contributed by atoms with Gasteiger partial charge in [0.2, 0.25) is 0 Å². The standard InChI is InChI=1S/C16H21FO/c1-11-9-12(2)14(13(17)10-11)15(18)16(3)7-5-4-6-8-16/h9-10H,4-8H2,1-3H3. The molecule has 1 aromatic rings. The Labute approximate surface area is 108 Å². The minimum atomic E-state index is -0.362. The minimum absolute atomic E-state index is 0.00259. The van der Waals surface area contributed by atoms with Gasteiger partial charge in [0.05, 0.1) is 5.56 Å². The monoisotopic (exact) mass is 248 g/mol. The molecule has 18 heavy (non-hydrogen) atoms. The van der Waals surface area contributed by atoms with Crippen molar-refractivity contribution < 1.29 is 9.18 Å². The maximum Gasteiger partial charge on any atom is 0.171 e. The molecule has 0 unspecified atom stereocenters. The van der Waals surface area contributed by atoms with Crippen LogP contribution >= 0.6 is 0 Å². The van der Waals surface area contributed by atoms with Crippen molar-refractivity contribution in [2.75, 3.05) is 0 Å². The normalized spacial score (nSPS) is 18.7. The summed E-state index contributed by atoms with van der Waals surface area (Å²) in [6.07, 6.45) is 5.12. The Morgan fingerprint density at radius 2 is 1.78 bits per heavy atom. The van der Waals surface area contributed by atoms with E-state index in [0.29, 0.717) is 5.56 Å². The number of hydrogen-bond donors (Lipinski definition) is 0. The van der Waals surface area contributed by atoms with E-state index in [1.165, 1.54) is 12.5 Å². The number of carbonyl (C=O) groups is 1. The fraction of sp³-hybridized carbons (Fsp3) is 0.562.